The minimum absolute atomic E-state index is 0.0143. The van der Waals surface area contributed by atoms with Gasteiger partial charge in [-0.15, -0.1) is 0 Å². The van der Waals surface area contributed by atoms with E-state index < -0.39 is 0 Å². The molecule has 3 nitrogen and oxygen atoms in total. The number of hydrogen-bond acceptors (Lipinski definition) is 3. The maximum absolute atomic E-state index is 6.30. The third kappa shape index (κ3) is 3.34. The molecule has 1 unspecified atom stereocenters. The molecule has 106 valence electrons. The Labute approximate surface area is 120 Å². The molecule has 0 aromatic heterocycles. The highest BCUT2D eigenvalue weighted by molar-refractivity contribution is 6.32. The standard InChI is InChI=1S/C15H22ClNO2/c1-18-14-9-11(8-12(16)15(14)19-2)13(17)7-10-5-3-4-6-10/h8-10,13H,3-7,17H2,1-2H3. The van der Waals surface area contributed by atoms with E-state index in [-0.39, 0.29) is 6.04 Å². The van der Waals surface area contributed by atoms with E-state index in [1.807, 2.05) is 12.1 Å². The van der Waals surface area contributed by atoms with Crippen LogP contribution in [0.2, 0.25) is 5.02 Å². The summed E-state index contributed by atoms with van der Waals surface area (Å²) in [7, 11) is 3.20. The van der Waals surface area contributed by atoms with Gasteiger partial charge in [0.25, 0.3) is 0 Å². The number of ether oxygens (including phenoxy) is 2. The smallest absolute Gasteiger partial charge is 0.179 e. The van der Waals surface area contributed by atoms with Crippen molar-refractivity contribution in [3.05, 3.63) is 22.7 Å². The first-order valence-electron chi connectivity index (χ1n) is 6.82. The molecular formula is C15H22ClNO2. The first-order valence-corrected chi connectivity index (χ1v) is 7.20. The topological polar surface area (TPSA) is 44.5 Å². The van der Waals surface area contributed by atoms with E-state index in [0.717, 1.165) is 17.9 Å². The molecule has 2 N–H and O–H groups in total. The molecule has 1 aromatic rings. The molecule has 1 atom stereocenters. The van der Waals surface area contributed by atoms with Gasteiger partial charge >= 0.3 is 0 Å². The zero-order valence-electron chi connectivity index (χ0n) is 11.6. The normalized spacial score (nSPS) is 17.5. The zero-order chi connectivity index (χ0) is 13.8. The minimum atomic E-state index is 0.0143. The Kier molecular flexibility index (Phi) is 4.94. The highest BCUT2D eigenvalue weighted by Crippen LogP contribution is 2.39. The molecule has 1 fully saturated rings. The quantitative estimate of drug-likeness (QED) is 0.890. The van der Waals surface area contributed by atoms with Crippen LogP contribution in [0.15, 0.2) is 12.1 Å². The van der Waals surface area contributed by atoms with Crippen LogP contribution in [-0.4, -0.2) is 14.2 Å². The number of methoxy groups -OCH3 is 2. The Bertz CT molecular complexity index is 430. The second-order valence-corrected chi connectivity index (χ2v) is 5.64. The summed E-state index contributed by atoms with van der Waals surface area (Å²) in [6.45, 7) is 0. The van der Waals surface area contributed by atoms with Crippen LogP contribution < -0.4 is 15.2 Å². The Balaban J connectivity index is 2.16. The van der Waals surface area contributed by atoms with Crippen molar-refractivity contribution in [1.82, 2.24) is 0 Å². The number of halogens is 1. The second-order valence-electron chi connectivity index (χ2n) is 5.23. The summed E-state index contributed by atoms with van der Waals surface area (Å²) in [4.78, 5) is 0. The van der Waals surface area contributed by atoms with Gasteiger partial charge in [-0.1, -0.05) is 37.3 Å². The molecule has 19 heavy (non-hydrogen) atoms. The Hall–Kier alpha value is -0.930. The molecule has 1 aromatic carbocycles. The van der Waals surface area contributed by atoms with E-state index in [0.29, 0.717) is 16.5 Å². The van der Waals surface area contributed by atoms with Gasteiger partial charge in [0.2, 0.25) is 0 Å². The molecule has 2 rings (SSSR count). The van der Waals surface area contributed by atoms with Crippen LogP contribution in [-0.2, 0) is 0 Å². The Morgan fingerprint density at radius 2 is 1.95 bits per heavy atom. The van der Waals surface area contributed by atoms with Crippen LogP contribution in [0.1, 0.15) is 43.7 Å². The maximum Gasteiger partial charge on any atom is 0.179 e. The van der Waals surface area contributed by atoms with Crippen molar-refractivity contribution in [2.45, 2.75) is 38.1 Å². The second kappa shape index (κ2) is 6.49. The molecule has 1 aliphatic carbocycles. The lowest BCUT2D eigenvalue weighted by Gasteiger charge is -2.19. The van der Waals surface area contributed by atoms with Gasteiger partial charge in [0.05, 0.1) is 19.2 Å². The SMILES string of the molecule is COc1cc(C(N)CC2CCCC2)cc(Cl)c1OC. The molecule has 4 heteroatoms. The van der Waals surface area contributed by atoms with E-state index in [1.54, 1.807) is 14.2 Å². The van der Waals surface area contributed by atoms with E-state index in [2.05, 4.69) is 0 Å². The van der Waals surface area contributed by atoms with Crippen molar-refractivity contribution < 1.29 is 9.47 Å². The number of benzene rings is 1. The van der Waals surface area contributed by atoms with E-state index in [4.69, 9.17) is 26.8 Å². The minimum Gasteiger partial charge on any atom is -0.493 e. The van der Waals surface area contributed by atoms with Gasteiger partial charge in [-0.25, -0.2) is 0 Å². The molecule has 0 spiro atoms. The van der Waals surface area contributed by atoms with Crippen molar-refractivity contribution in [3.8, 4) is 11.5 Å². The van der Waals surface area contributed by atoms with E-state index >= 15 is 0 Å². The Morgan fingerprint density at radius 3 is 2.53 bits per heavy atom. The third-order valence-corrected chi connectivity index (χ3v) is 4.23. The average molecular weight is 284 g/mol. The number of nitrogens with two attached hydrogens (primary N) is 1. The van der Waals surface area contributed by atoms with Crippen LogP contribution in [0.3, 0.4) is 0 Å². The first kappa shape index (κ1) is 14.5. The van der Waals surface area contributed by atoms with Gasteiger partial charge in [-0.3, -0.25) is 0 Å². The van der Waals surface area contributed by atoms with Crippen molar-refractivity contribution >= 4 is 11.6 Å². The Morgan fingerprint density at radius 1 is 1.26 bits per heavy atom. The van der Waals surface area contributed by atoms with Crippen LogP contribution in [0, 0.1) is 5.92 Å². The molecular weight excluding hydrogens is 262 g/mol. The van der Waals surface area contributed by atoms with Gasteiger partial charge < -0.3 is 15.2 Å². The highest BCUT2D eigenvalue weighted by Gasteiger charge is 2.21. The van der Waals surface area contributed by atoms with Gasteiger partial charge in [0, 0.05) is 6.04 Å². The summed E-state index contributed by atoms with van der Waals surface area (Å²) in [6.07, 6.45) is 6.30. The monoisotopic (exact) mass is 283 g/mol. The summed E-state index contributed by atoms with van der Waals surface area (Å²) >= 11 is 6.21. The third-order valence-electron chi connectivity index (χ3n) is 3.95. The van der Waals surface area contributed by atoms with Crippen LogP contribution in [0.5, 0.6) is 11.5 Å². The fourth-order valence-electron chi connectivity index (χ4n) is 2.89. The number of hydrogen-bond donors (Lipinski definition) is 1. The molecule has 0 amide bonds. The fourth-order valence-corrected chi connectivity index (χ4v) is 3.19. The van der Waals surface area contributed by atoms with Crippen molar-refractivity contribution in [1.29, 1.82) is 0 Å². The number of rotatable bonds is 5. The lowest BCUT2D eigenvalue weighted by molar-refractivity contribution is 0.354. The van der Waals surface area contributed by atoms with E-state index in [1.165, 1.54) is 25.7 Å². The first-order chi connectivity index (χ1) is 9.15. The average Bonchev–Trinajstić information content (AvgIpc) is 2.90. The van der Waals surface area contributed by atoms with Crippen molar-refractivity contribution in [3.63, 3.8) is 0 Å². The van der Waals surface area contributed by atoms with Crippen LogP contribution in [0.4, 0.5) is 0 Å². The summed E-state index contributed by atoms with van der Waals surface area (Å²) in [5.74, 6) is 1.97. The largest absolute Gasteiger partial charge is 0.493 e. The van der Waals surface area contributed by atoms with Gasteiger partial charge in [0.15, 0.2) is 11.5 Å². The lowest BCUT2D eigenvalue weighted by atomic mass is 9.94. The van der Waals surface area contributed by atoms with Crippen LogP contribution >= 0.6 is 11.6 Å². The molecule has 0 bridgehead atoms. The summed E-state index contributed by atoms with van der Waals surface area (Å²) in [6, 6.07) is 3.84. The molecule has 0 radical (unpaired) electrons. The summed E-state index contributed by atoms with van der Waals surface area (Å²) in [5.41, 5.74) is 7.33. The zero-order valence-corrected chi connectivity index (χ0v) is 12.4. The highest BCUT2D eigenvalue weighted by atomic mass is 35.5. The predicted molar refractivity (Wildman–Crippen MR) is 78.1 cm³/mol. The summed E-state index contributed by atoms with van der Waals surface area (Å²) in [5, 5.41) is 0.554. The molecule has 0 heterocycles. The van der Waals surface area contributed by atoms with Gasteiger partial charge in [-0.05, 0) is 30.0 Å². The van der Waals surface area contributed by atoms with Crippen LogP contribution in [0.25, 0.3) is 0 Å². The van der Waals surface area contributed by atoms with Crippen molar-refractivity contribution in [2.24, 2.45) is 11.7 Å². The maximum atomic E-state index is 6.30. The van der Waals surface area contributed by atoms with E-state index in [9.17, 15) is 0 Å². The molecule has 1 saturated carbocycles. The fraction of sp³-hybridized carbons (Fsp3) is 0.600. The molecule has 1 aliphatic rings. The lowest BCUT2D eigenvalue weighted by Crippen LogP contribution is -2.14. The van der Waals surface area contributed by atoms with Gasteiger partial charge in [0.1, 0.15) is 0 Å². The molecule has 0 aliphatic heterocycles. The van der Waals surface area contributed by atoms with Crippen molar-refractivity contribution in [2.75, 3.05) is 14.2 Å². The molecule has 0 saturated heterocycles. The summed E-state index contributed by atoms with van der Waals surface area (Å²) < 4.78 is 10.6. The van der Waals surface area contributed by atoms with Gasteiger partial charge in [-0.2, -0.15) is 0 Å². The predicted octanol–water partition coefficient (Wildman–Crippen LogP) is 3.94.